The highest BCUT2D eigenvalue weighted by atomic mass is 32.1. The van der Waals surface area contributed by atoms with Crippen LogP contribution in [0.1, 0.15) is 5.69 Å². The van der Waals surface area contributed by atoms with Crippen LogP contribution in [-0.4, -0.2) is 15.5 Å². The molecule has 0 unspecified atom stereocenters. The molecule has 0 fully saturated rings. The number of carbonyl (C=O) groups excluding carboxylic acids is 1. The first-order chi connectivity index (χ1) is 6.75. The third kappa shape index (κ3) is 1.82. The van der Waals surface area contributed by atoms with Gasteiger partial charge >= 0.3 is 0 Å². The van der Waals surface area contributed by atoms with Crippen molar-refractivity contribution >= 4 is 17.3 Å². The molecule has 0 radical (unpaired) electrons. The highest BCUT2D eigenvalue weighted by molar-refractivity contribution is 7.12. The molecular formula is C9H7N2O2S-. The quantitative estimate of drug-likeness (QED) is 0.723. The number of carbonyl (C=O) groups is 1. The molecule has 0 bridgehead atoms. The van der Waals surface area contributed by atoms with Crippen LogP contribution in [0.15, 0.2) is 29.9 Å². The number of hydrogen-bond acceptors (Lipinski definition) is 4. The van der Waals surface area contributed by atoms with Gasteiger partial charge in [0.2, 0.25) is 0 Å². The molecule has 0 aliphatic rings. The van der Waals surface area contributed by atoms with Crippen LogP contribution in [0, 0.1) is 0 Å². The zero-order chi connectivity index (χ0) is 9.97. The Morgan fingerprint density at radius 2 is 2.21 bits per heavy atom. The maximum atomic E-state index is 10.3. The minimum atomic E-state index is -1.10. The van der Waals surface area contributed by atoms with E-state index in [-0.39, 0.29) is 6.42 Å². The van der Waals surface area contributed by atoms with Crippen LogP contribution < -0.4 is 5.11 Å². The maximum Gasteiger partial charge on any atom is 0.193 e. The van der Waals surface area contributed by atoms with Crippen LogP contribution in [0.25, 0.3) is 5.13 Å². The number of carboxylic acids is 1. The lowest BCUT2D eigenvalue weighted by atomic mass is 10.3. The number of aromatic nitrogens is 2. The molecule has 0 aliphatic heterocycles. The van der Waals surface area contributed by atoms with E-state index in [0.717, 1.165) is 5.13 Å². The summed E-state index contributed by atoms with van der Waals surface area (Å²) in [5.41, 5.74) is 0.540. The molecule has 0 saturated heterocycles. The van der Waals surface area contributed by atoms with Crippen LogP contribution in [0.3, 0.4) is 0 Å². The van der Waals surface area contributed by atoms with Gasteiger partial charge in [0.1, 0.15) is 0 Å². The van der Waals surface area contributed by atoms with Crippen molar-refractivity contribution in [2.24, 2.45) is 0 Å². The van der Waals surface area contributed by atoms with Gasteiger partial charge in [-0.15, -0.1) is 11.3 Å². The second-order valence-corrected chi connectivity index (χ2v) is 3.60. The van der Waals surface area contributed by atoms with Gasteiger partial charge in [0, 0.05) is 30.2 Å². The minimum Gasteiger partial charge on any atom is -0.550 e. The highest BCUT2D eigenvalue weighted by Crippen LogP contribution is 2.14. The van der Waals surface area contributed by atoms with Crippen molar-refractivity contribution in [3.05, 3.63) is 35.6 Å². The Balaban J connectivity index is 2.22. The van der Waals surface area contributed by atoms with Crippen LogP contribution in [0.2, 0.25) is 0 Å². The number of hydrogen-bond donors (Lipinski definition) is 0. The van der Waals surface area contributed by atoms with Crippen molar-refractivity contribution < 1.29 is 9.90 Å². The summed E-state index contributed by atoms with van der Waals surface area (Å²) in [6.07, 6.45) is 3.60. The van der Waals surface area contributed by atoms with Gasteiger partial charge in [-0.25, -0.2) is 4.98 Å². The molecule has 0 aromatic carbocycles. The van der Waals surface area contributed by atoms with Gasteiger partial charge in [0.15, 0.2) is 5.13 Å². The molecule has 0 atom stereocenters. The van der Waals surface area contributed by atoms with Gasteiger partial charge in [-0.1, -0.05) is 0 Å². The second kappa shape index (κ2) is 3.63. The Kier molecular flexibility index (Phi) is 2.32. The zero-order valence-corrected chi connectivity index (χ0v) is 8.03. The third-order valence-electron chi connectivity index (χ3n) is 1.69. The van der Waals surface area contributed by atoms with Crippen LogP contribution >= 0.6 is 11.3 Å². The summed E-state index contributed by atoms with van der Waals surface area (Å²) in [5.74, 6) is -1.10. The molecule has 4 nitrogen and oxygen atoms in total. The van der Waals surface area contributed by atoms with Crippen LogP contribution in [-0.2, 0) is 11.2 Å². The van der Waals surface area contributed by atoms with Crippen molar-refractivity contribution in [3.8, 4) is 5.13 Å². The Labute approximate surface area is 84.5 Å². The fraction of sp³-hybridized carbons (Fsp3) is 0.111. The van der Waals surface area contributed by atoms with Gasteiger partial charge in [0.25, 0.3) is 0 Å². The number of thiazole rings is 1. The molecule has 0 saturated carbocycles. The highest BCUT2D eigenvalue weighted by Gasteiger charge is 2.02. The Morgan fingerprint density at radius 1 is 1.50 bits per heavy atom. The first-order valence-electron chi connectivity index (χ1n) is 4.03. The van der Waals surface area contributed by atoms with Crippen LogP contribution in [0.4, 0.5) is 0 Å². The monoisotopic (exact) mass is 207 g/mol. The van der Waals surface area contributed by atoms with Crippen molar-refractivity contribution in [2.45, 2.75) is 6.42 Å². The average molecular weight is 207 g/mol. The largest absolute Gasteiger partial charge is 0.550 e. The molecule has 14 heavy (non-hydrogen) atoms. The molecule has 0 amide bonds. The predicted octanol–water partition coefficient (Wildman–Crippen LogP) is 0.226. The first kappa shape index (κ1) is 8.96. The number of nitrogens with zero attached hydrogens (tertiary/aromatic N) is 2. The second-order valence-electron chi connectivity index (χ2n) is 2.76. The van der Waals surface area contributed by atoms with Crippen LogP contribution in [0.5, 0.6) is 0 Å². The van der Waals surface area contributed by atoms with E-state index in [9.17, 15) is 9.90 Å². The molecule has 2 rings (SSSR count). The van der Waals surface area contributed by atoms with E-state index in [1.165, 1.54) is 11.3 Å². The lowest BCUT2D eigenvalue weighted by Gasteiger charge is -1.97. The lowest BCUT2D eigenvalue weighted by Crippen LogP contribution is -2.24. The fourth-order valence-corrected chi connectivity index (χ4v) is 1.90. The molecule has 0 aliphatic carbocycles. The van der Waals surface area contributed by atoms with Crippen molar-refractivity contribution in [1.29, 1.82) is 0 Å². The standard InChI is InChI=1S/C9H8N2O2S/c12-8(13)5-7-6-14-9(10-7)11-3-1-2-4-11/h1-4,6H,5H2,(H,12,13)/p-1. The van der Waals surface area contributed by atoms with E-state index in [2.05, 4.69) is 4.98 Å². The molecular weight excluding hydrogens is 200 g/mol. The summed E-state index contributed by atoms with van der Waals surface area (Å²) in [6.45, 7) is 0. The van der Waals surface area contributed by atoms with E-state index >= 15 is 0 Å². The Morgan fingerprint density at radius 3 is 2.86 bits per heavy atom. The van der Waals surface area contributed by atoms with E-state index in [0.29, 0.717) is 5.69 Å². The van der Waals surface area contributed by atoms with Gasteiger partial charge < -0.3 is 14.5 Å². The molecule has 2 aromatic heterocycles. The van der Waals surface area contributed by atoms with E-state index < -0.39 is 5.97 Å². The number of rotatable bonds is 3. The fourth-order valence-electron chi connectivity index (χ4n) is 1.11. The Hall–Kier alpha value is -1.62. The summed E-state index contributed by atoms with van der Waals surface area (Å²) >= 11 is 1.41. The van der Waals surface area contributed by atoms with E-state index in [1.54, 1.807) is 5.38 Å². The molecule has 5 heteroatoms. The topological polar surface area (TPSA) is 57.9 Å². The summed E-state index contributed by atoms with van der Waals surface area (Å²) in [6, 6.07) is 3.78. The SMILES string of the molecule is O=C([O-])Cc1csc(-n2cccc2)n1. The minimum absolute atomic E-state index is 0.127. The van der Waals surface area contributed by atoms with Gasteiger partial charge in [-0.3, -0.25) is 0 Å². The Bertz CT molecular complexity index is 433. The molecule has 72 valence electrons. The lowest BCUT2D eigenvalue weighted by molar-refractivity contribution is -0.304. The van der Waals surface area contributed by atoms with Gasteiger partial charge in [-0.05, 0) is 12.1 Å². The normalized spacial score (nSPS) is 10.3. The first-order valence-corrected chi connectivity index (χ1v) is 4.91. The maximum absolute atomic E-state index is 10.3. The summed E-state index contributed by atoms with van der Waals surface area (Å²) in [7, 11) is 0. The van der Waals surface area contributed by atoms with E-state index in [4.69, 9.17) is 0 Å². The molecule has 0 spiro atoms. The predicted molar refractivity (Wildman–Crippen MR) is 50.2 cm³/mol. The third-order valence-corrected chi connectivity index (χ3v) is 2.59. The number of aliphatic carboxylic acids is 1. The smallest absolute Gasteiger partial charge is 0.193 e. The van der Waals surface area contributed by atoms with Gasteiger partial charge in [-0.2, -0.15) is 0 Å². The molecule has 2 heterocycles. The molecule has 2 aromatic rings. The summed E-state index contributed by atoms with van der Waals surface area (Å²) < 4.78 is 1.84. The van der Waals surface area contributed by atoms with Crippen molar-refractivity contribution in [2.75, 3.05) is 0 Å². The van der Waals surface area contributed by atoms with Crippen molar-refractivity contribution in [1.82, 2.24) is 9.55 Å². The average Bonchev–Trinajstić information content (AvgIpc) is 2.69. The summed E-state index contributed by atoms with van der Waals surface area (Å²) in [4.78, 5) is 14.5. The van der Waals surface area contributed by atoms with Gasteiger partial charge in [0.05, 0.1) is 5.69 Å². The van der Waals surface area contributed by atoms with E-state index in [1.807, 2.05) is 29.1 Å². The summed E-state index contributed by atoms with van der Waals surface area (Å²) in [5, 5.41) is 12.8. The van der Waals surface area contributed by atoms with Crippen molar-refractivity contribution in [3.63, 3.8) is 0 Å². The number of carboxylic acid groups (broad SMARTS) is 1. The molecule has 0 N–H and O–H groups in total. The zero-order valence-electron chi connectivity index (χ0n) is 7.21.